The van der Waals surface area contributed by atoms with E-state index in [1.54, 1.807) is 6.07 Å². The van der Waals surface area contributed by atoms with Crippen LogP contribution in [-0.4, -0.2) is 60.6 Å². The molecule has 3 aromatic carbocycles. The van der Waals surface area contributed by atoms with E-state index in [2.05, 4.69) is 45.5 Å². The highest BCUT2D eigenvalue weighted by molar-refractivity contribution is 6.31. The first-order valence-corrected chi connectivity index (χ1v) is 12.6. The Bertz CT molecular complexity index is 1280. The van der Waals surface area contributed by atoms with E-state index < -0.39 is 5.82 Å². The van der Waals surface area contributed by atoms with Gasteiger partial charge in [0.1, 0.15) is 5.82 Å². The number of likely N-dealkylation sites (N-methyl/N-ethyl adjacent to an activating group) is 1. The van der Waals surface area contributed by atoms with Crippen LogP contribution in [0.1, 0.15) is 24.0 Å². The lowest BCUT2D eigenvalue weighted by Gasteiger charge is -2.47. The molecule has 0 spiro atoms. The minimum Gasteiger partial charge on any atom is -0.395 e. The third-order valence-corrected chi connectivity index (χ3v) is 7.45. The first kappa shape index (κ1) is 26.8. The fourth-order valence-electron chi connectivity index (χ4n) is 5.06. The number of β-amino-alcohol motifs (C(OH)–C–C–N with tert-alkyl or cyclic N) is 1. The molecule has 0 radical (unpaired) electrons. The molecule has 6 nitrogen and oxygen atoms in total. The van der Waals surface area contributed by atoms with Crippen LogP contribution in [0.5, 0.6) is 0 Å². The average molecular weight is 521 g/mol. The maximum absolute atomic E-state index is 13.5. The van der Waals surface area contributed by atoms with Gasteiger partial charge in [-0.05, 0) is 66.9 Å². The largest absolute Gasteiger partial charge is 0.395 e. The van der Waals surface area contributed by atoms with Crippen LogP contribution in [0.25, 0.3) is 11.1 Å². The standard InChI is InChI=1S/C29H30ClFN4O2/c1-34(20-28(37)33-25-9-10-27(31)26(30)18-25)29(11-13-35(14-12-29)15-16-36)24-7-5-22(6-8-24)23-4-2-3-21(17-23)19-32/h2-10,17-18,36H,11-16,20H2,1H3,(H,33,37). The van der Waals surface area contributed by atoms with Crippen LogP contribution in [0.4, 0.5) is 10.1 Å². The van der Waals surface area contributed by atoms with Crippen LogP contribution < -0.4 is 5.32 Å². The van der Waals surface area contributed by atoms with Gasteiger partial charge in [0.25, 0.3) is 0 Å². The summed E-state index contributed by atoms with van der Waals surface area (Å²) in [6.07, 6.45) is 1.59. The summed E-state index contributed by atoms with van der Waals surface area (Å²) in [6.45, 7) is 2.47. The molecule has 1 saturated heterocycles. The Hall–Kier alpha value is -3.28. The van der Waals surface area contributed by atoms with Crippen molar-refractivity contribution in [3.8, 4) is 17.2 Å². The summed E-state index contributed by atoms with van der Waals surface area (Å²) in [5.41, 5.74) is 3.78. The molecule has 1 amide bonds. The van der Waals surface area contributed by atoms with Crippen molar-refractivity contribution in [2.75, 3.05) is 45.2 Å². The monoisotopic (exact) mass is 520 g/mol. The molecule has 192 valence electrons. The van der Waals surface area contributed by atoms with Crippen molar-refractivity contribution in [3.63, 3.8) is 0 Å². The number of benzene rings is 3. The third-order valence-electron chi connectivity index (χ3n) is 7.16. The smallest absolute Gasteiger partial charge is 0.238 e. The number of aliphatic hydroxyl groups excluding tert-OH is 1. The molecular weight excluding hydrogens is 491 g/mol. The Kier molecular flexibility index (Phi) is 8.57. The number of hydrogen-bond donors (Lipinski definition) is 2. The van der Waals surface area contributed by atoms with E-state index in [0.29, 0.717) is 17.8 Å². The number of rotatable bonds is 8. The number of nitriles is 1. The second-order valence-corrected chi connectivity index (χ2v) is 9.81. The molecule has 3 aromatic rings. The van der Waals surface area contributed by atoms with Crippen LogP contribution in [0.15, 0.2) is 66.7 Å². The van der Waals surface area contributed by atoms with Gasteiger partial charge >= 0.3 is 0 Å². The lowest BCUT2D eigenvalue weighted by Crippen LogP contribution is -2.53. The molecule has 4 rings (SSSR count). The summed E-state index contributed by atoms with van der Waals surface area (Å²) < 4.78 is 13.5. The van der Waals surface area contributed by atoms with E-state index in [9.17, 15) is 19.6 Å². The van der Waals surface area contributed by atoms with E-state index in [-0.39, 0.29) is 29.6 Å². The fourth-order valence-corrected chi connectivity index (χ4v) is 5.24. The van der Waals surface area contributed by atoms with Gasteiger partial charge in [-0.25, -0.2) is 4.39 Å². The molecule has 1 fully saturated rings. The molecule has 8 heteroatoms. The number of carbonyl (C=O) groups is 1. The molecule has 37 heavy (non-hydrogen) atoms. The van der Waals surface area contributed by atoms with Gasteiger partial charge < -0.3 is 15.3 Å². The maximum atomic E-state index is 13.5. The number of halogens is 2. The zero-order chi connectivity index (χ0) is 26.4. The van der Waals surface area contributed by atoms with Crippen molar-refractivity contribution < 1.29 is 14.3 Å². The zero-order valence-electron chi connectivity index (χ0n) is 20.8. The van der Waals surface area contributed by atoms with Gasteiger partial charge in [0.15, 0.2) is 0 Å². The van der Waals surface area contributed by atoms with Crippen molar-refractivity contribution in [2.24, 2.45) is 0 Å². The lowest BCUT2D eigenvalue weighted by molar-refractivity contribution is -0.119. The summed E-state index contributed by atoms with van der Waals surface area (Å²) >= 11 is 5.87. The Morgan fingerprint density at radius 2 is 1.86 bits per heavy atom. The van der Waals surface area contributed by atoms with E-state index in [4.69, 9.17) is 11.6 Å². The first-order chi connectivity index (χ1) is 17.8. The Balaban J connectivity index is 1.56. The van der Waals surface area contributed by atoms with Gasteiger partial charge in [-0.2, -0.15) is 5.26 Å². The van der Waals surface area contributed by atoms with Crippen molar-refractivity contribution in [1.82, 2.24) is 9.80 Å². The van der Waals surface area contributed by atoms with Gasteiger partial charge in [-0.3, -0.25) is 9.69 Å². The number of nitrogens with one attached hydrogen (secondary N) is 1. The SMILES string of the molecule is CN(CC(=O)Nc1ccc(F)c(Cl)c1)C1(c2ccc(-c3cccc(C#N)c3)cc2)CCN(CCO)CC1. The Morgan fingerprint density at radius 1 is 1.14 bits per heavy atom. The van der Waals surface area contributed by atoms with Gasteiger partial charge in [0, 0.05) is 30.9 Å². The summed E-state index contributed by atoms with van der Waals surface area (Å²) in [5, 5.41) is 21.4. The van der Waals surface area contributed by atoms with Gasteiger partial charge in [-0.15, -0.1) is 0 Å². The topological polar surface area (TPSA) is 79.6 Å². The second kappa shape index (κ2) is 11.8. The number of carbonyl (C=O) groups excluding carboxylic acids is 1. The molecule has 0 aliphatic carbocycles. The first-order valence-electron chi connectivity index (χ1n) is 12.2. The lowest BCUT2D eigenvalue weighted by atomic mass is 9.79. The molecule has 0 aromatic heterocycles. The van der Waals surface area contributed by atoms with Gasteiger partial charge in [0.05, 0.1) is 29.8 Å². The maximum Gasteiger partial charge on any atom is 0.238 e. The highest BCUT2D eigenvalue weighted by Crippen LogP contribution is 2.39. The minimum absolute atomic E-state index is 0.0423. The molecule has 2 N–H and O–H groups in total. The number of likely N-dealkylation sites (tertiary alicyclic amines) is 1. The number of aliphatic hydroxyl groups is 1. The molecule has 0 atom stereocenters. The van der Waals surface area contributed by atoms with Crippen molar-refractivity contribution in [3.05, 3.63) is 88.7 Å². The predicted molar refractivity (Wildman–Crippen MR) is 144 cm³/mol. The average Bonchev–Trinajstić information content (AvgIpc) is 2.91. The van der Waals surface area contributed by atoms with E-state index in [0.717, 1.165) is 42.6 Å². The summed E-state index contributed by atoms with van der Waals surface area (Å²) in [6, 6.07) is 22.1. The molecule has 0 saturated carbocycles. The number of nitrogens with zero attached hydrogens (tertiary/aromatic N) is 3. The number of anilines is 1. The molecule has 1 aliphatic heterocycles. The molecular formula is C29H30ClFN4O2. The quantitative estimate of drug-likeness (QED) is 0.443. The van der Waals surface area contributed by atoms with Crippen molar-refractivity contribution >= 4 is 23.2 Å². The molecule has 0 bridgehead atoms. The normalized spacial score (nSPS) is 15.4. The fraction of sp³-hybridized carbons (Fsp3) is 0.310. The predicted octanol–water partition coefficient (Wildman–Crippen LogP) is 4.87. The Morgan fingerprint density at radius 3 is 2.51 bits per heavy atom. The number of hydrogen-bond acceptors (Lipinski definition) is 5. The van der Waals surface area contributed by atoms with Crippen LogP contribution in [0, 0.1) is 17.1 Å². The van der Waals surface area contributed by atoms with Gasteiger partial charge in [0.2, 0.25) is 5.91 Å². The molecule has 1 heterocycles. The third kappa shape index (κ3) is 6.17. The van der Waals surface area contributed by atoms with Gasteiger partial charge in [-0.1, -0.05) is 48.0 Å². The summed E-state index contributed by atoms with van der Waals surface area (Å²) in [5.74, 6) is -0.750. The highest BCUT2D eigenvalue weighted by atomic mass is 35.5. The summed E-state index contributed by atoms with van der Waals surface area (Å²) in [4.78, 5) is 17.3. The van der Waals surface area contributed by atoms with E-state index >= 15 is 0 Å². The van der Waals surface area contributed by atoms with Crippen molar-refractivity contribution in [1.29, 1.82) is 5.26 Å². The molecule has 1 aliphatic rings. The van der Waals surface area contributed by atoms with E-state index in [1.165, 1.54) is 18.2 Å². The van der Waals surface area contributed by atoms with Crippen LogP contribution in [0.3, 0.4) is 0 Å². The van der Waals surface area contributed by atoms with E-state index in [1.807, 2.05) is 25.2 Å². The second-order valence-electron chi connectivity index (χ2n) is 9.40. The van der Waals surface area contributed by atoms with Crippen molar-refractivity contribution in [2.45, 2.75) is 18.4 Å². The van der Waals surface area contributed by atoms with Crippen LogP contribution in [-0.2, 0) is 10.3 Å². The molecule has 0 unspecified atom stereocenters. The zero-order valence-corrected chi connectivity index (χ0v) is 21.5. The number of piperidine rings is 1. The number of amides is 1. The minimum atomic E-state index is -0.534. The van der Waals surface area contributed by atoms with Crippen LogP contribution in [0.2, 0.25) is 5.02 Å². The summed E-state index contributed by atoms with van der Waals surface area (Å²) in [7, 11) is 1.95. The highest BCUT2D eigenvalue weighted by Gasteiger charge is 2.40. The van der Waals surface area contributed by atoms with Crippen LogP contribution >= 0.6 is 11.6 Å². The Labute approximate surface area is 221 Å².